The molecule has 0 bridgehead atoms. The molecule has 2 fully saturated rings. The molecule has 4 heterocycles. The number of rotatable bonds is 10. The van der Waals surface area contributed by atoms with E-state index in [9.17, 15) is 9.59 Å². The second kappa shape index (κ2) is 14.6. The minimum atomic E-state index is -0.817. The number of amides is 1. The molecule has 2 N–H and O–H groups in total. The second-order valence-corrected chi connectivity index (χ2v) is 13.1. The molecular formula is C39H46N4O4. The van der Waals surface area contributed by atoms with E-state index in [-0.39, 0.29) is 23.7 Å². The molecule has 1 amide bonds. The van der Waals surface area contributed by atoms with E-state index in [0.29, 0.717) is 12.5 Å². The number of likely N-dealkylation sites (tertiary alicyclic amines) is 1. The molecule has 3 atom stereocenters. The maximum atomic E-state index is 13.2. The summed E-state index contributed by atoms with van der Waals surface area (Å²) < 4.78 is 12.7. The maximum absolute atomic E-state index is 13.2. The monoisotopic (exact) mass is 634 g/mol. The first kappa shape index (κ1) is 32.5. The third kappa shape index (κ3) is 6.84. The summed E-state index contributed by atoms with van der Waals surface area (Å²) in [5, 5.41) is 0. The fourth-order valence-corrected chi connectivity index (χ4v) is 7.75. The van der Waals surface area contributed by atoms with Gasteiger partial charge in [0.1, 0.15) is 11.2 Å². The highest BCUT2D eigenvalue weighted by atomic mass is 16.5. The van der Waals surface area contributed by atoms with Crippen molar-refractivity contribution < 1.29 is 19.1 Å². The third-order valence-electron chi connectivity index (χ3n) is 10.3. The Kier molecular flexibility index (Phi) is 10.1. The normalized spacial score (nSPS) is 20.6. The molecule has 0 radical (unpaired) electrons. The number of hydrogen-bond acceptors (Lipinski definition) is 6. The molecule has 246 valence electrons. The van der Waals surface area contributed by atoms with Crippen LogP contribution in [0, 0.1) is 17.8 Å². The van der Waals surface area contributed by atoms with Gasteiger partial charge in [-0.05, 0) is 66.5 Å². The highest BCUT2D eigenvalue weighted by molar-refractivity contribution is 5.91. The van der Waals surface area contributed by atoms with Crippen LogP contribution < -0.4 is 10.5 Å². The number of primary amides is 1. The van der Waals surface area contributed by atoms with Gasteiger partial charge >= 0.3 is 5.97 Å². The van der Waals surface area contributed by atoms with Gasteiger partial charge in [0.05, 0.1) is 25.5 Å². The lowest BCUT2D eigenvalue weighted by atomic mass is 9.64. The zero-order valence-corrected chi connectivity index (χ0v) is 27.5. The molecule has 3 aliphatic rings. The summed E-state index contributed by atoms with van der Waals surface area (Å²) in [4.78, 5) is 31.1. The molecular weight excluding hydrogens is 588 g/mol. The summed E-state index contributed by atoms with van der Waals surface area (Å²) in [6, 6.07) is 26.7. The minimum absolute atomic E-state index is 0.0373. The first-order valence-electron chi connectivity index (χ1n) is 16.9. The van der Waals surface area contributed by atoms with E-state index in [0.717, 1.165) is 80.9 Å². The summed E-state index contributed by atoms with van der Waals surface area (Å²) in [5.41, 5.74) is 11.2. The van der Waals surface area contributed by atoms with Gasteiger partial charge in [0.15, 0.2) is 0 Å². The molecule has 8 heteroatoms. The molecule has 0 saturated carbocycles. The van der Waals surface area contributed by atoms with Crippen LogP contribution in [-0.2, 0) is 46.1 Å². The van der Waals surface area contributed by atoms with E-state index in [1.165, 1.54) is 11.1 Å². The Balaban J connectivity index is 0.000000215. The van der Waals surface area contributed by atoms with Gasteiger partial charge in [-0.25, -0.2) is 4.98 Å². The molecule has 3 aliphatic heterocycles. The second-order valence-electron chi connectivity index (χ2n) is 13.1. The van der Waals surface area contributed by atoms with Crippen LogP contribution >= 0.6 is 0 Å². The van der Waals surface area contributed by atoms with Crippen LogP contribution in [0.3, 0.4) is 0 Å². The number of esters is 1. The van der Waals surface area contributed by atoms with Crippen molar-refractivity contribution in [2.75, 3.05) is 32.8 Å². The molecule has 47 heavy (non-hydrogen) atoms. The Bertz CT molecular complexity index is 1610. The summed E-state index contributed by atoms with van der Waals surface area (Å²) in [6.45, 7) is 6.21. The van der Waals surface area contributed by atoms with Crippen molar-refractivity contribution in [2.24, 2.45) is 30.5 Å². The van der Waals surface area contributed by atoms with E-state index in [1.807, 2.05) is 85.4 Å². The van der Waals surface area contributed by atoms with Crippen molar-refractivity contribution in [2.45, 2.75) is 44.4 Å². The number of benzene rings is 3. The number of hydrogen-bond donors (Lipinski definition) is 1. The molecule has 0 spiro atoms. The van der Waals surface area contributed by atoms with Crippen LogP contribution in [-0.4, -0.2) is 59.2 Å². The predicted molar refractivity (Wildman–Crippen MR) is 182 cm³/mol. The molecule has 8 nitrogen and oxygen atoms in total. The lowest BCUT2D eigenvalue weighted by Crippen LogP contribution is -2.49. The van der Waals surface area contributed by atoms with E-state index < -0.39 is 5.41 Å². The largest absolute Gasteiger partial charge is 0.493 e. The SMILES string of the molecule is CC[C@@H]1C(=O)OC[C@@H]1Cc1cncn1C.NC(=O)C(c1ccccc1)(c1ccccc1)[C@@H]1CCN(CCc2ccc3c(c2)CCO3)C1. The predicted octanol–water partition coefficient (Wildman–Crippen LogP) is 5.12. The molecule has 4 aromatic rings. The summed E-state index contributed by atoms with van der Waals surface area (Å²) in [5.74, 6) is 1.26. The summed E-state index contributed by atoms with van der Waals surface area (Å²) >= 11 is 0. The molecule has 1 aromatic heterocycles. The van der Waals surface area contributed by atoms with Gasteiger partial charge in [-0.1, -0.05) is 79.7 Å². The third-order valence-corrected chi connectivity index (χ3v) is 10.3. The molecule has 0 aliphatic carbocycles. The van der Waals surface area contributed by atoms with Crippen LogP contribution in [0.4, 0.5) is 0 Å². The first-order chi connectivity index (χ1) is 22.9. The van der Waals surface area contributed by atoms with Crippen molar-refractivity contribution >= 4 is 11.9 Å². The van der Waals surface area contributed by atoms with Gasteiger partial charge < -0.3 is 24.7 Å². The molecule has 0 unspecified atom stereocenters. The van der Waals surface area contributed by atoms with Crippen LogP contribution in [0.25, 0.3) is 0 Å². The van der Waals surface area contributed by atoms with E-state index in [4.69, 9.17) is 15.2 Å². The van der Waals surface area contributed by atoms with Gasteiger partial charge in [0.25, 0.3) is 0 Å². The number of aromatic nitrogens is 2. The zero-order chi connectivity index (χ0) is 32.8. The van der Waals surface area contributed by atoms with Crippen LogP contribution in [0.5, 0.6) is 5.75 Å². The van der Waals surface area contributed by atoms with Crippen molar-refractivity contribution in [3.63, 3.8) is 0 Å². The van der Waals surface area contributed by atoms with E-state index in [2.05, 4.69) is 28.1 Å². The van der Waals surface area contributed by atoms with Crippen molar-refractivity contribution in [3.8, 4) is 5.75 Å². The number of carbonyl (C=O) groups excluding carboxylic acids is 2. The van der Waals surface area contributed by atoms with Crippen molar-refractivity contribution in [1.82, 2.24) is 14.5 Å². The Morgan fingerprint density at radius 2 is 1.74 bits per heavy atom. The highest BCUT2D eigenvalue weighted by Crippen LogP contribution is 2.43. The minimum Gasteiger partial charge on any atom is -0.493 e. The number of cyclic esters (lactones) is 1. The van der Waals surface area contributed by atoms with Crippen molar-refractivity contribution in [1.29, 1.82) is 0 Å². The summed E-state index contributed by atoms with van der Waals surface area (Å²) in [7, 11) is 1.97. The Morgan fingerprint density at radius 1 is 1.02 bits per heavy atom. The first-order valence-corrected chi connectivity index (χ1v) is 16.9. The van der Waals surface area contributed by atoms with Gasteiger partial charge in [-0.2, -0.15) is 0 Å². The number of fused-ring (bicyclic) bond motifs is 1. The van der Waals surface area contributed by atoms with Gasteiger partial charge in [-0.3, -0.25) is 9.59 Å². The summed E-state index contributed by atoms with van der Waals surface area (Å²) in [6.07, 6.45) is 8.33. The van der Waals surface area contributed by atoms with E-state index >= 15 is 0 Å². The average molecular weight is 635 g/mol. The number of nitrogens with two attached hydrogens (primary N) is 1. The number of aryl methyl sites for hydroxylation is 1. The lowest BCUT2D eigenvalue weighted by molar-refractivity contribution is -0.141. The molecule has 7 rings (SSSR count). The molecule has 2 saturated heterocycles. The number of nitrogens with zero attached hydrogens (tertiary/aromatic N) is 3. The fraction of sp³-hybridized carbons (Fsp3) is 0.410. The highest BCUT2D eigenvalue weighted by Gasteiger charge is 2.49. The number of imidazole rings is 1. The number of ether oxygens (including phenoxy) is 2. The lowest BCUT2D eigenvalue weighted by Gasteiger charge is -2.37. The molecule has 3 aromatic carbocycles. The van der Waals surface area contributed by atoms with E-state index in [1.54, 1.807) is 6.33 Å². The smallest absolute Gasteiger partial charge is 0.309 e. The van der Waals surface area contributed by atoms with Crippen LogP contribution in [0.15, 0.2) is 91.4 Å². The standard InChI is InChI=1S/C28H30N2O2.C11H16N2O2/c29-27(31)28(23-7-3-1-4-8-23,24-9-5-2-6-10-24)25-14-17-30(20-25)16-13-21-11-12-26-22(19-21)15-18-32-26;1-3-10-8(6-15-11(10)14)4-9-5-12-7-13(9)2/h1-12,19,25H,13-18,20H2,(H2,29,31);5,7-8,10H,3-4,6H2,1-2H3/t25-;8-,10-/m10/s1. The Morgan fingerprint density at radius 3 is 2.38 bits per heavy atom. The van der Waals surface area contributed by atoms with Crippen molar-refractivity contribution in [3.05, 3.63) is 119 Å². The fourth-order valence-electron chi connectivity index (χ4n) is 7.75. The van der Waals surface area contributed by atoms with Gasteiger partial charge in [-0.15, -0.1) is 0 Å². The maximum Gasteiger partial charge on any atom is 0.309 e. The Hall–Kier alpha value is -4.43. The number of carbonyl (C=O) groups is 2. The Labute approximate surface area is 277 Å². The zero-order valence-electron chi connectivity index (χ0n) is 27.5. The van der Waals surface area contributed by atoms with Crippen LogP contribution in [0.2, 0.25) is 0 Å². The average Bonchev–Trinajstić information content (AvgIpc) is 3.91. The topological polar surface area (TPSA) is 99.7 Å². The van der Waals surface area contributed by atoms with Crippen LogP contribution in [0.1, 0.15) is 47.7 Å². The van der Waals surface area contributed by atoms with Gasteiger partial charge in [0, 0.05) is 44.4 Å². The quantitative estimate of drug-likeness (QED) is 0.243. The van der Waals surface area contributed by atoms with Gasteiger partial charge in [0.2, 0.25) is 5.91 Å².